The summed E-state index contributed by atoms with van der Waals surface area (Å²) < 4.78 is 12.7. The molecule has 0 bridgehead atoms. The average Bonchev–Trinajstić information content (AvgIpc) is 2.75. The van der Waals surface area contributed by atoms with Gasteiger partial charge in [-0.2, -0.15) is 0 Å². The van der Waals surface area contributed by atoms with Crippen LogP contribution in [0.5, 0.6) is 0 Å². The Kier molecular flexibility index (Phi) is 3.05. The van der Waals surface area contributed by atoms with Crippen molar-refractivity contribution >= 4 is 11.3 Å². The fourth-order valence-electron chi connectivity index (χ4n) is 1.37. The van der Waals surface area contributed by atoms with Gasteiger partial charge in [0.05, 0.1) is 17.2 Å². The van der Waals surface area contributed by atoms with Crippen LogP contribution in [0.15, 0.2) is 35.2 Å². The van der Waals surface area contributed by atoms with E-state index in [0.29, 0.717) is 0 Å². The molecule has 0 amide bonds. The number of halogens is 1. The zero-order valence-corrected chi connectivity index (χ0v) is 8.67. The highest BCUT2D eigenvalue weighted by molar-refractivity contribution is 7.07. The molecule has 3 N–H and O–H groups in total. The van der Waals surface area contributed by atoms with Crippen molar-refractivity contribution in [3.8, 4) is 0 Å². The molecule has 0 aliphatic carbocycles. The van der Waals surface area contributed by atoms with Crippen LogP contribution in [0.1, 0.15) is 17.3 Å². The summed E-state index contributed by atoms with van der Waals surface area (Å²) in [5.41, 5.74) is 6.14. The van der Waals surface area contributed by atoms with E-state index in [1.54, 1.807) is 17.6 Å². The molecule has 1 aromatic carbocycles. The molecular weight excluding hydrogens is 213 g/mol. The molecule has 0 spiro atoms. The Labute approximate surface area is 90.7 Å². The van der Waals surface area contributed by atoms with E-state index in [2.05, 4.69) is 10.4 Å². The van der Waals surface area contributed by atoms with E-state index in [9.17, 15) is 4.39 Å². The Morgan fingerprint density at radius 3 is 2.60 bits per heavy atom. The number of thiazole rings is 1. The van der Waals surface area contributed by atoms with Crippen molar-refractivity contribution in [1.29, 1.82) is 0 Å². The number of hydrogen-bond donors (Lipinski definition) is 2. The van der Waals surface area contributed by atoms with Crippen molar-refractivity contribution in [3.05, 3.63) is 52.2 Å². The maximum absolute atomic E-state index is 12.7. The van der Waals surface area contributed by atoms with Gasteiger partial charge >= 0.3 is 0 Å². The maximum Gasteiger partial charge on any atom is 0.123 e. The van der Waals surface area contributed by atoms with Crippen molar-refractivity contribution < 1.29 is 4.39 Å². The third-order valence-electron chi connectivity index (χ3n) is 2.12. The van der Waals surface area contributed by atoms with Gasteiger partial charge in [0.1, 0.15) is 5.82 Å². The van der Waals surface area contributed by atoms with Crippen molar-refractivity contribution in [3.63, 3.8) is 0 Å². The van der Waals surface area contributed by atoms with E-state index in [1.165, 1.54) is 23.5 Å². The lowest BCUT2D eigenvalue weighted by atomic mass is 10.1. The van der Waals surface area contributed by atoms with Crippen molar-refractivity contribution in [2.75, 3.05) is 0 Å². The minimum absolute atomic E-state index is 0.183. The maximum atomic E-state index is 12.7. The first kappa shape index (κ1) is 10.2. The van der Waals surface area contributed by atoms with Gasteiger partial charge in [0.2, 0.25) is 0 Å². The van der Waals surface area contributed by atoms with Gasteiger partial charge in [-0.15, -0.1) is 11.3 Å². The number of benzene rings is 1. The highest BCUT2D eigenvalue weighted by Crippen LogP contribution is 2.20. The van der Waals surface area contributed by atoms with E-state index < -0.39 is 0 Å². The molecule has 0 saturated heterocycles. The van der Waals surface area contributed by atoms with Crippen LogP contribution in [0.4, 0.5) is 4.39 Å². The smallest absolute Gasteiger partial charge is 0.123 e. The molecule has 0 aliphatic heterocycles. The summed E-state index contributed by atoms with van der Waals surface area (Å²) in [7, 11) is 0. The molecule has 0 radical (unpaired) electrons. The summed E-state index contributed by atoms with van der Waals surface area (Å²) in [6, 6.07) is 6.02. The summed E-state index contributed by atoms with van der Waals surface area (Å²) >= 11 is 1.50. The van der Waals surface area contributed by atoms with E-state index >= 15 is 0 Å². The second-order valence-electron chi connectivity index (χ2n) is 3.06. The van der Waals surface area contributed by atoms with Gasteiger partial charge in [0.15, 0.2) is 0 Å². The zero-order chi connectivity index (χ0) is 10.7. The molecule has 78 valence electrons. The standard InChI is InChI=1S/C10H10FN3S/c11-8-3-1-7(2-4-8)10(14-12)9-5-15-6-13-9/h1-6,10,14H,12H2. The first-order valence-corrected chi connectivity index (χ1v) is 5.35. The number of nitrogens with one attached hydrogen (secondary N) is 1. The SMILES string of the molecule is NNC(c1ccc(F)cc1)c1cscn1. The average molecular weight is 223 g/mol. The van der Waals surface area contributed by atoms with Crippen LogP contribution in [0.3, 0.4) is 0 Å². The van der Waals surface area contributed by atoms with Gasteiger partial charge in [-0.3, -0.25) is 5.84 Å². The van der Waals surface area contributed by atoms with E-state index in [-0.39, 0.29) is 11.9 Å². The van der Waals surface area contributed by atoms with Gasteiger partial charge in [-0.25, -0.2) is 14.8 Å². The molecule has 1 atom stereocenters. The quantitative estimate of drug-likeness (QED) is 0.616. The number of aromatic nitrogens is 1. The molecule has 0 saturated carbocycles. The first-order valence-electron chi connectivity index (χ1n) is 4.41. The molecule has 1 unspecified atom stereocenters. The van der Waals surface area contributed by atoms with Crippen molar-refractivity contribution in [2.45, 2.75) is 6.04 Å². The van der Waals surface area contributed by atoms with E-state index in [4.69, 9.17) is 5.84 Å². The van der Waals surface area contributed by atoms with E-state index in [1.807, 2.05) is 5.38 Å². The minimum atomic E-state index is -0.257. The molecular formula is C10H10FN3S. The molecule has 0 aliphatic rings. The summed E-state index contributed by atoms with van der Waals surface area (Å²) in [6.07, 6.45) is 0. The van der Waals surface area contributed by atoms with Crippen molar-refractivity contribution in [1.82, 2.24) is 10.4 Å². The molecule has 2 aromatic rings. The van der Waals surface area contributed by atoms with Crippen LogP contribution in [-0.4, -0.2) is 4.98 Å². The minimum Gasteiger partial charge on any atom is -0.271 e. The highest BCUT2D eigenvalue weighted by Gasteiger charge is 2.13. The molecule has 1 aromatic heterocycles. The predicted octanol–water partition coefficient (Wildman–Crippen LogP) is 1.83. The molecule has 1 heterocycles. The summed E-state index contributed by atoms with van der Waals surface area (Å²) in [5.74, 6) is 5.20. The van der Waals surface area contributed by atoms with Crippen molar-refractivity contribution in [2.24, 2.45) is 5.84 Å². The third-order valence-corrected chi connectivity index (χ3v) is 2.72. The normalized spacial score (nSPS) is 12.7. The largest absolute Gasteiger partial charge is 0.271 e. The van der Waals surface area contributed by atoms with Crippen LogP contribution < -0.4 is 11.3 Å². The van der Waals surface area contributed by atoms with Crippen LogP contribution >= 0.6 is 11.3 Å². The second kappa shape index (κ2) is 4.48. The summed E-state index contributed by atoms with van der Waals surface area (Å²) in [6.45, 7) is 0. The van der Waals surface area contributed by atoms with Gasteiger partial charge < -0.3 is 0 Å². The summed E-state index contributed by atoms with van der Waals surface area (Å²) in [5, 5.41) is 1.91. The molecule has 2 rings (SSSR count). The van der Waals surface area contributed by atoms with Gasteiger partial charge in [-0.1, -0.05) is 12.1 Å². The highest BCUT2D eigenvalue weighted by atomic mass is 32.1. The number of rotatable bonds is 3. The number of hydrogen-bond acceptors (Lipinski definition) is 4. The Bertz CT molecular complexity index is 413. The molecule has 15 heavy (non-hydrogen) atoms. The fraction of sp³-hybridized carbons (Fsp3) is 0.100. The predicted molar refractivity (Wildman–Crippen MR) is 57.7 cm³/mol. The lowest BCUT2D eigenvalue weighted by molar-refractivity contribution is 0.610. The molecule has 0 fully saturated rings. The lowest BCUT2D eigenvalue weighted by Crippen LogP contribution is -2.29. The Balaban J connectivity index is 2.31. The van der Waals surface area contributed by atoms with Crippen LogP contribution in [0, 0.1) is 5.82 Å². The third kappa shape index (κ3) is 2.20. The first-order chi connectivity index (χ1) is 7.31. The number of hydrazine groups is 1. The van der Waals surface area contributed by atoms with Crippen LogP contribution in [-0.2, 0) is 0 Å². The molecule has 3 nitrogen and oxygen atoms in total. The van der Waals surface area contributed by atoms with Crippen LogP contribution in [0.25, 0.3) is 0 Å². The monoisotopic (exact) mass is 223 g/mol. The Morgan fingerprint density at radius 2 is 2.07 bits per heavy atom. The second-order valence-corrected chi connectivity index (χ2v) is 3.78. The van der Waals surface area contributed by atoms with Gasteiger partial charge in [0, 0.05) is 5.38 Å². The zero-order valence-electron chi connectivity index (χ0n) is 7.85. The van der Waals surface area contributed by atoms with Crippen LogP contribution in [0.2, 0.25) is 0 Å². The lowest BCUT2D eigenvalue weighted by Gasteiger charge is -2.13. The number of nitrogens with two attached hydrogens (primary N) is 1. The van der Waals surface area contributed by atoms with Gasteiger partial charge in [0.25, 0.3) is 0 Å². The van der Waals surface area contributed by atoms with E-state index in [0.717, 1.165) is 11.3 Å². The topological polar surface area (TPSA) is 50.9 Å². The molecule has 5 heteroatoms. The summed E-state index contributed by atoms with van der Waals surface area (Å²) in [4.78, 5) is 4.17. The fourth-order valence-corrected chi connectivity index (χ4v) is 1.95. The Morgan fingerprint density at radius 1 is 1.33 bits per heavy atom. The number of nitrogens with zero attached hydrogens (tertiary/aromatic N) is 1. The van der Waals surface area contributed by atoms with Gasteiger partial charge in [-0.05, 0) is 17.7 Å². The Hall–Kier alpha value is -1.30.